The molecule has 0 aromatic heterocycles. The minimum absolute atomic E-state index is 0.0154. The predicted molar refractivity (Wildman–Crippen MR) is 73.0 cm³/mol. The van der Waals surface area contributed by atoms with Gasteiger partial charge in [-0.2, -0.15) is 0 Å². The first kappa shape index (κ1) is 14.2. The number of carbonyl (C=O) groups is 2. The lowest BCUT2D eigenvalue weighted by Crippen LogP contribution is -2.35. The van der Waals surface area contributed by atoms with Crippen LogP contribution in [-0.2, 0) is 0 Å². The molecule has 0 aliphatic rings. The standard InChI is InChI=1S/C14H20N2O2/c1-4-6-10(2)15-14(18)16-13-8-5-7-12(9-13)11(3)17/h5,7-10H,4,6H2,1-3H3,(H2,15,16,18)/t10-/m1/s1. The summed E-state index contributed by atoms with van der Waals surface area (Å²) in [7, 11) is 0. The van der Waals surface area contributed by atoms with E-state index >= 15 is 0 Å². The van der Waals surface area contributed by atoms with Crippen LogP contribution >= 0.6 is 0 Å². The van der Waals surface area contributed by atoms with Crippen LogP contribution in [0.25, 0.3) is 0 Å². The van der Waals surface area contributed by atoms with E-state index in [0.717, 1.165) is 12.8 Å². The smallest absolute Gasteiger partial charge is 0.319 e. The maximum atomic E-state index is 11.7. The summed E-state index contributed by atoms with van der Waals surface area (Å²) in [5, 5.41) is 5.57. The van der Waals surface area contributed by atoms with Gasteiger partial charge in [0, 0.05) is 17.3 Å². The molecule has 4 nitrogen and oxygen atoms in total. The SMILES string of the molecule is CCC[C@@H](C)NC(=O)Nc1cccc(C(C)=O)c1. The Kier molecular flexibility index (Phi) is 5.36. The Hall–Kier alpha value is -1.84. The van der Waals surface area contributed by atoms with Crippen molar-refractivity contribution in [3.8, 4) is 0 Å². The molecule has 0 unspecified atom stereocenters. The molecule has 0 saturated heterocycles. The summed E-state index contributed by atoms with van der Waals surface area (Å²) in [6.45, 7) is 5.55. The van der Waals surface area contributed by atoms with Gasteiger partial charge in [0.1, 0.15) is 0 Å². The number of benzene rings is 1. The summed E-state index contributed by atoms with van der Waals surface area (Å²) in [5.74, 6) is -0.0154. The first-order valence-electron chi connectivity index (χ1n) is 6.21. The third-order valence-corrected chi connectivity index (χ3v) is 2.63. The lowest BCUT2D eigenvalue weighted by molar-refractivity contribution is 0.101. The lowest BCUT2D eigenvalue weighted by Gasteiger charge is -2.13. The number of hydrogen-bond acceptors (Lipinski definition) is 2. The number of Topliss-reactive ketones (excluding diaryl/α,β-unsaturated/α-hetero) is 1. The van der Waals surface area contributed by atoms with Gasteiger partial charge in [-0.05, 0) is 32.4 Å². The van der Waals surface area contributed by atoms with Crippen molar-refractivity contribution in [2.45, 2.75) is 39.7 Å². The molecule has 0 heterocycles. The van der Waals surface area contributed by atoms with Crippen LogP contribution in [0.4, 0.5) is 10.5 Å². The van der Waals surface area contributed by atoms with Crippen molar-refractivity contribution in [1.29, 1.82) is 0 Å². The van der Waals surface area contributed by atoms with Crippen LogP contribution in [0.15, 0.2) is 24.3 Å². The summed E-state index contributed by atoms with van der Waals surface area (Å²) in [6, 6.07) is 6.82. The van der Waals surface area contributed by atoms with Crippen LogP contribution in [0.1, 0.15) is 44.0 Å². The Bertz CT molecular complexity index is 430. The van der Waals surface area contributed by atoms with Gasteiger partial charge in [-0.1, -0.05) is 25.5 Å². The quantitative estimate of drug-likeness (QED) is 0.786. The van der Waals surface area contributed by atoms with Crippen molar-refractivity contribution in [2.24, 2.45) is 0 Å². The second kappa shape index (κ2) is 6.79. The third kappa shape index (κ3) is 4.57. The van der Waals surface area contributed by atoms with E-state index in [-0.39, 0.29) is 17.9 Å². The molecule has 1 aromatic rings. The van der Waals surface area contributed by atoms with Crippen LogP contribution in [-0.4, -0.2) is 17.9 Å². The highest BCUT2D eigenvalue weighted by Gasteiger charge is 2.07. The third-order valence-electron chi connectivity index (χ3n) is 2.63. The van der Waals surface area contributed by atoms with Gasteiger partial charge in [-0.3, -0.25) is 4.79 Å². The zero-order valence-electron chi connectivity index (χ0n) is 11.1. The molecule has 0 bridgehead atoms. The number of ketones is 1. The average Bonchev–Trinajstić information content (AvgIpc) is 2.29. The largest absolute Gasteiger partial charge is 0.335 e. The molecule has 0 saturated carbocycles. The van der Waals surface area contributed by atoms with Gasteiger partial charge in [0.25, 0.3) is 0 Å². The maximum Gasteiger partial charge on any atom is 0.319 e. The average molecular weight is 248 g/mol. The topological polar surface area (TPSA) is 58.2 Å². The molecular weight excluding hydrogens is 228 g/mol. The fraction of sp³-hybridized carbons (Fsp3) is 0.429. The first-order valence-corrected chi connectivity index (χ1v) is 6.21. The molecule has 98 valence electrons. The van der Waals surface area contributed by atoms with Gasteiger partial charge in [-0.25, -0.2) is 4.79 Å². The number of nitrogens with one attached hydrogen (secondary N) is 2. The van der Waals surface area contributed by atoms with E-state index in [1.165, 1.54) is 6.92 Å². The van der Waals surface area contributed by atoms with Gasteiger partial charge in [0.05, 0.1) is 0 Å². The van der Waals surface area contributed by atoms with Crippen molar-refractivity contribution in [3.05, 3.63) is 29.8 Å². The zero-order valence-corrected chi connectivity index (χ0v) is 11.1. The van der Waals surface area contributed by atoms with E-state index in [1.807, 2.05) is 6.92 Å². The van der Waals surface area contributed by atoms with Crippen LogP contribution in [0.2, 0.25) is 0 Å². The molecule has 0 spiro atoms. The molecular formula is C14H20N2O2. The highest BCUT2D eigenvalue weighted by atomic mass is 16.2. The number of urea groups is 1. The van der Waals surface area contributed by atoms with Crippen molar-refractivity contribution in [2.75, 3.05) is 5.32 Å². The van der Waals surface area contributed by atoms with Crippen molar-refractivity contribution in [1.82, 2.24) is 5.32 Å². The molecule has 0 aliphatic heterocycles. The molecule has 0 aliphatic carbocycles. The number of anilines is 1. The molecule has 2 N–H and O–H groups in total. The number of carbonyl (C=O) groups excluding carboxylic acids is 2. The van der Waals surface area contributed by atoms with Gasteiger partial charge in [-0.15, -0.1) is 0 Å². The van der Waals surface area contributed by atoms with Gasteiger partial charge >= 0.3 is 6.03 Å². The highest BCUT2D eigenvalue weighted by molar-refractivity contribution is 5.96. The minimum atomic E-state index is -0.239. The summed E-state index contributed by atoms with van der Waals surface area (Å²) < 4.78 is 0. The molecule has 1 aromatic carbocycles. The molecule has 18 heavy (non-hydrogen) atoms. The van der Waals surface area contributed by atoms with Crippen LogP contribution in [0.5, 0.6) is 0 Å². The Morgan fingerprint density at radius 2 is 2.06 bits per heavy atom. The monoisotopic (exact) mass is 248 g/mol. The van der Waals surface area contributed by atoms with E-state index in [4.69, 9.17) is 0 Å². The van der Waals surface area contributed by atoms with Crippen molar-refractivity contribution < 1.29 is 9.59 Å². The highest BCUT2D eigenvalue weighted by Crippen LogP contribution is 2.11. The summed E-state index contributed by atoms with van der Waals surface area (Å²) in [4.78, 5) is 22.9. The second-order valence-electron chi connectivity index (χ2n) is 4.43. The van der Waals surface area contributed by atoms with Crippen molar-refractivity contribution in [3.63, 3.8) is 0 Å². The number of rotatable bonds is 5. The molecule has 1 rings (SSSR count). The number of hydrogen-bond donors (Lipinski definition) is 2. The summed E-state index contributed by atoms with van der Waals surface area (Å²) in [6.07, 6.45) is 1.97. The Morgan fingerprint density at radius 1 is 1.33 bits per heavy atom. The van der Waals surface area contributed by atoms with E-state index < -0.39 is 0 Å². The normalized spacial score (nSPS) is 11.7. The van der Waals surface area contributed by atoms with E-state index in [1.54, 1.807) is 24.3 Å². The van der Waals surface area contributed by atoms with E-state index in [9.17, 15) is 9.59 Å². The number of amides is 2. The molecule has 4 heteroatoms. The van der Waals surface area contributed by atoms with E-state index in [0.29, 0.717) is 11.3 Å². The molecule has 0 radical (unpaired) electrons. The van der Waals surface area contributed by atoms with Gasteiger partial charge < -0.3 is 10.6 Å². The Morgan fingerprint density at radius 3 is 2.67 bits per heavy atom. The molecule has 0 fully saturated rings. The van der Waals surface area contributed by atoms with Crippen molar-refractivity contribution >= 4 is 17.5 Å². The lowest BCUT2D eigenvalue weighted by atomic mass is 10.1. The molecule has 1 atom stereocenters. The fourth-order valence-electron chi connectivity index (χ4n) is 1.71. The van der Waals surface area contributed by atoms with Crippen LogP contribution in [0, 0.1) is 0 Å². The maximum absolute atomic E-state index is 11.7. The minimum Gasteiger partial charge on any atom is -0.335 e. The first-order chi connectivity index (χ1) is 8.52. The summed E-state index contributed by atoms with van der Waals surface area (Å²) in [5.41, 5.74) is 1.22. The van der Waals surface area contributed by atoms with Gasteiger partial charge in [0.2, 0.25) is 0 Å². The van der Waals surface area contributed by atoms with Crippen LogP contribution in [0.3, 0.4) is 0 Å². The summed E-state index contributed by atoms with van der Waals surface area (Å²) >= 11 is 0. The predicted octanol–water partition coefficient (Wildman–Crippen LogP) is 3.20. The fourth-order valence-corrected chi connectivity index (χ4v) is 1.71. The zero-order chi connectivity index (χ0) is 13.5. The molecule has 2 amide bonds. The van der Waals surface area contributed by atoms with E-state index in [2.05, 4.69) is 17.6 Å². The van der Waals surface area contributed by atoms with Gasteiger partial charge in [0.15, 0.2) is 5.78 Å². The second-order valence-corrected chi connectivity index (χ2v) is 4.43. The van der Waals surface area contributed by atoms with Crippen LogP contribution < -0.4 is 10.6 Å². The Labute approximate surface area is 108 Å². The Balaban J connectivity index is 2.59.